The number of carbonyl (C=O) groups is 1. The van der Waals surface area contributed by atoms with Crippen molar-refractivity contribution in [2.45, 2.75) is 17.7 Å². The highest BCUT2D eigenvalue weighted by Gasteiger charge is 2.33. The zero-order valence-electron chi connectivity index (χ0n) is 17.3. The molecule has 1 heterocycles. The molecule has 1 fully saturated rings. The summed E-state index contributed by atoms with van der Waals surface area (Å²) in [4.78, 5) is 12.8. The third kappa shape index (κ3) is 5.15. The summed E-state index contributed by atoms with van der Waals surface area (Å²) in [6, 6.07) is 21.1. The Morgan fingerprint density at radius 1 is 0.938 bits per heavy atom. The molecule has 0 aliphatic carbocycles. The standard InChI is InChI=1S/C24H23FN2O4S/c25-19-8-14-23(15-9-19)32(29,30)27-16-4-5-18(17-27)24(28)26-20-10-12-22(13-11-20)31-21-6-2-1-3-7-21/h1-3,6-15,18H,4-5,16-17H2,(H,26,28)/t18-/m0/s1. The molecule has 1 aliphatic heterocycles. The molecule has 3 aromatic rings. The molecule has 6 nitrogen and oxygen atoms in total. The molecule has 0 bridgehead atoms. The summed E-state index contributed by atoms with van der Waals surface area (Å²) in [5, 5.41) is 2.86. The van der Waals surface area contributed by atoms with Crippen LogP contribution in [-0.4, -0.2) is 31.7 Å². The molecule has 3 aromatic carbocycles. The Labute approximate surface area is 186 Å². The van der Waals surface area contributed by atoms with Gasteiger partial charge < -0.3 is 10.1 Å². The summed E-state index contributed by atoms with van der Waals surface area (Å²) in [7, 11) is -3.78. The number of rotatable bonds is 6. The van der Waals surface area contributed by atoms with E-state index in [0.29, 0.717) is 36.6 Å². The van der Waals surface area contributed by atoms with Gasteiger partial charge in [-0.15, -0.1) is 0 Å². The van der Waals surface area contributed by atoms with Crippen LogP contribution >= 0.6 is 0 Å². The first-order valence-electron chi connectivity index (χ1n) is 10.3. The van der Waals surface area contributed by atoms with Gasteiger partial charge in [-0.3, -0.25) is 4.79 Å². The van der Waals surface area contributed by atoms with Gasteiger partial charge in [0.05, 0.1) is 10.8 Å². The Kier molecular flexibility index (Phi) is 6.53. The Morgan fingerprint density at radius 3 is 2.28 bits per heavy atom. The maximum atomic E-state index is 13.2. The van der Waals surface area contributed by atoms with Gasteiger partial charge in [-0.05, 0) is 73.5 Å². The van der Waals surface area contributed by atoms with E-state index >= 15 is 0 Å². The first kappa shape index (κ1) is 22.0. The maximum Gasteiger partial charge on any atom is 0.243 e. The fraction of sp³-hybridized carbons (Fsp3) is 0.208. The predicted molar refractivity (Wildman–Crippen MR) is 119 cm³/mol. The average molecular weight is 455 g/mol. The molecule has 4 rings (SSSR count). The third-order valence-corrected chi connectivity index (χ3v) is 7.19. The van der Waals surface area contributed by atoms with Crippen molar-refractivity contribution in [1.29, 1.82) is 0 Å². The molecule has 0 radical (unpaired) electrons. The highest BCUT2D eigenvalue weighted by atomic mass is 32.2. The van der Waals surface area contributed by atoms with Crippen molar-refractivity contribution >= 4 is 21.6 Å². The Hall–Kier alpha value is -3.23. The third-order valence-electron chi connectivity index (χ3n) is 5.31. The van der Waals surface area contributed by atoms with Crippen molar-refractivity contribution in [2.24, 2.45) is 5.92 Å². The van der Waals surface area contributed by atoms with E-state index in [-0.39, 0.29) is 17.3 Å². The number of carbonyl (C=O) groups excluding carboxylic acids is 1. The van der Waals surface area contributed by atoms with Crippen molar-refractivity contribution in [3.05, 3.63) is 84.7 Å². The van der Waals surface area contributed by atoms with Gasteiger partial charge in [0.15, 0.2) is 0 Å². The average Bonchev–Trinajstić information content (AvgIpc) is 2.81. The quantitative estimate of drug-likeness (QED) is 0.588. The fourth-order valence-electron chi connectivity index (χ4n) is 3.61. The minimum Gasteiger partial charge on any atom is -0.457 e. The molecule has 8 heteroatoms. The van der Waals surface area contributed by atoms with E-state index < -0.39 is 21.8 Å². The number of sulfonamides is 1. The van der Waals surface area contributed by atoms with E-state index in [1.165, 1.54) is 16.4 Å². The van der Waals surface area contributed by atoms with Gasteiger partial charge in [0.2, 0.25) is 15.9 Å². The lowest BCUT2D eigenvalue weighted by atomic mass is 9.99. The number of nitrogens with zero attached hydrogens (tertiary/aromatic N) is 1. The molecule has 1 N–H and O–H groups in total. The molecule has 0 unspecified atom stereocenters. The van der Waals surface area contributed by atoms with Crippen LogP contribution in [0.2, 0.25) is 0 Å². The summed E-state index contributed by atoms with van der Waals surface area (Å²) >= 11 is 0. The monoisotopic (exact) mass is 454 g/mol. The summed E-state index contributed by atoms with van der Waals surface area (Å²) in [6.45, 7) is 0.412. The van der Waals surface area contributed by atoms with Crippen LogP contribution < -0.4 is 10.1 Å². The molecular weight excluding hydrogens is 431 g/mol. The number of piperidine rings is 1. The second-order valence-electron chi connectivity index (χ2n) is 7.58. The van der Waals surface area contributed by atoms with Crippen LogP contribution in [0.25, 0.3) is 0 Å². The largest absolute Gasteiger partial charge is 0.457 e. The topological polar surface area (TPSA) is 75.7 Å². The lowest BCUT2D eigenvalue weighted by molar-refractivity contribution is -0.120. The van der Waals surface area contributed by atoms with E-state index in [0.717, 1.165) is 12.1 Å². The zero-order chi connectivity index (χ0) is 22.6. The first-order valence-corrected chi connectivity index (χ1v) is 11.8. The van der Waals surface area contributed by atoms with Crippen LogP contribution in [0.3, 0.4) is 0 Å². The lowest BCUT2D eigenvalue weighted by Gasteiger charge is -2.31. The molecule has 0 aromatic heterocycles. The smallest absolute Gasteiger partial charge is 0.243 e. The number of nitrogens with one attached hydrogen (secondary N) is 1. The van der Waals surface area contributed by atoms with Crippen molar-refractivity contribution in [1.82, 2.24) is 4.31 Å². The molecule has 166 valence electrons. The number of hydrogen-bond acceptors (Lipinski definition) is 4. The molecule has 0 spiro atoms. The van der Waals surface area contributed by atoms with Crippen LogP contribution in [0.15, 0.2) is 83.8 Å². The number of anilines is 1. The number of amides is 1. The van der Waals surface area contributed by atoms with Gasteiger partial charge in [0.25, 0.3) is 0 Å². The number of halogens is 1. The number of para-hydroxylation sites is 1. The minimum absolute atomic E-state index is 0.0222. The van der Waals surface area contributed by atoms with Gasteiger partial charge >= 0.3 is 0 Å². The molecular formula is C24H23FN2O4S. The highest BCUT2D eigenvalue weighted by molar-refractivity contribution is 7.89. The van der Waals surface area contributed by atoms with Crippen LogP contribution in [-0.2, 0) is 14.8 Å². The molecule has 1 saturated heterocycles. The van der Waals surface area contributed by atoms with Crippen LogP contribution in [0.4, 0.5) is 10.1 Å². The summed E-state index contributed by atoms with van der Waals surface area (Å²) < 4.78 is 45.9. The Bertz CT molecular complexity index is 1170. The van der Waals surface area contributed by atoms with Crippen LogP contribution in [0.5, 0.6) is 11.5 Å². The number of ether oxygens (including phenoxy) is 1. The lowest BCUT2D eigenvalue weighted by Crippen LogP contribution is -2.43. The van der Waals surface area contributed by atoms with Crippen LogP contribution in [0, 0.1) is 11.7 Å². The van der Waals surface area contributed by atoms with Crippen molar-refractivity contribution < 1.29 is 22.3 Å². The maximum absolute atomic E-state index is 13.2. The van der Waals surface area contributed by atoms with Gasteiger partial charge in [-0.25, -0.2) is 12.8 Å². The minimum atomic E-state index is -3.78. The Balaban J connectivity index is 1.38. The predicted octanol–water partition coefficient (Wildman–Crippen LogP) is 4.66. The summed E-state index contributed by atoms with van der Waals surface area (Å²) in [6.07, 6.45) is 1.17. The number of hydrogen-bond donors (Lipinski definition) is 1. The molecule has 1 atom stereocenters. The van der Waals surface area contributed by atoms with Gasteiger partial charge in [0.1, 0.15) is 17.3 Å². The molecule has 1 aliphatic rings. The number of benzene rings is 3. The summed E-state index contributed by atoms with van der Waals surface area (Å²) in [5.74, 6) is 0.150. The van der Waals surface area contributed by atoms with E-state index in [9.17, 15) is 17.6 Å². The van der Waals surface area contributed by atoms with Crippen molar-refractivity contribution in [3.63, 3.8) is 0 Å². The van der Waals surface area contributed by atoms with Crippen molar-refractivity contribution in [2.75, 3.05) is 18.4 Å². The molecule has 0 saturated carbocycles. The molecule has 32 heavy (non-hydrogen) atoms. The van der Waals surface area contributed by atoms with Crippen molar-refractivity contribution in [3.8, 4) is 11.5 Å². The van der Waals surface area contributed by atoms with E-state index in [2.05, 4.69) is 5.32 Å². The van der Waals surface area contributed by atoms with Crippen LogP contribution in [0.1, 0.15) is 12.8 Å². The van der Waals surface area contributed by atoms with E-state index in [1.54, 1.807) is 24.3 Å². The highest BCUT2D eigenvalue weighted by Crippen LogP contribution is 2.26. The second kappa shape index (κ2) is 9.50. The normalized spacial score (nSPS) is 17.0. The zero-order valence-corrected chi connectivity index (χ0v) is 18.1. The van der Waals surface area contributed by atoms with E-state index in [4.69, 9.17) is 4.74 Å². The Morgan fingerprint density at radius 2 is 1.59 bits per heavy atom. The molecule has 1 amide bonds. The second-order valence-corrected chi connectivity index (χ2v) is 9.52. The first-order chi connectivity index (χ1) is 15.4. The van der Waals surface area contributed by atoms with Gasteiger partial charge in [0, 0.05) is 18.8 Å². The summed E-state index contributed by atoms with van der Waals surface area (Å²) in [5.41, 5.74) is 0.605. The fourth-order valence-corrected chi connectivity index (χ4v) is 5.13. The SMILES string of the molecule is O=C(Nc1ccc(Oc2ccccc2)cc1)[C@H]1CCCN(S(=O)(=O)c2ccc(F)cc2)C1. The van der Waals surface area contributed by atoms with E-state index in [1.807, 2.05) is 30.3 Å². The van der Waals surface area contributed by atoms with Gasteiger partial charge in [-0.1, -0.05) is 18.2 Å². The van der Waals surface area contributed by atoms with Gasteiger partial charge in [-0.2, -0.15) is 4.31 Å².